The molecule has 0 spiro atoms. The van der Waals surface area contributed by atoms with Crippen molar-refractivity contribution >= 4 is 11.6 Å². The molecule has 0 amide bonds. The van der Waals surface area contributed by atoms with Crippen LogP contribution in [0.25, 0.3) is 0 Å². The Morgan fingerprint density at radius 2 is 2.36 bits per heavy atom. The van der Waals surface area contributed by atoms with E-state index in [0.29, 0.717) is 0 Å². The van der Waals surface area contributed by atoms with Crippen molar-refractivity contribution in [3.05, 3.63) is 18.0 Å². The third-order valence-electron chi connectivity index (χ3n) is 2.07. The Labute approximate surface area is 90.4 Å². The summed E-state index contributed by atoms with van der Waals surface area (Å²) in [5, 5.41) is 7.73. The second-order valence-electron chi connectivity index (χ2n) is 3.59. The van der Waals surface area contributed by atoms with Gasteiger partial charge in [0.1, 0.15) is 0 Å². The van der Waals surface area contributed by atoms with Gasteiger partial charge in [0.2, 0.25) is 0 Å². The largest absolute Gasteiger partial charge is 0.316 e. The first kappa shape index (κ1) is 11.5. The molecule has 0 saturated carbocycles. The van der Waals surface area contributed by atoms with Crippen molar-refractivity contribution in [1.82, 2.24) is 15.1 Å². The molecule has 0 aliphatic carbocycles. The standard InChI is InChI=1S/C10H18ClN3/c1-9(11)3-5-12-6-4-10-7-13-14(2)8-10/h7-9,12H,3-6H2,1-2H3. The van der Waals surface area contributed by atoms with E-state index < -0.39 is 0 Å². The molecule has 14 heavy (non-hydrogen) atoms. The molecular formula is C10H18ClN3. The Hall–Kier alpha value is -0.540. The topological polar surface area (TPSA) is 29.9 Å². The summed E-state index contributed by atoms with van der Waals surface area (Å²) in [4.78, 5) is 0. The van der Waals surface area contributed by atoms with Gasteiger partial charge in [-0.1, -0.05) is 0 Å². The molecule has 1 atom stereocenters. The lowest BCUT2D eigenvalue weighted by atomic mass is 10.2. The first-order chi connectivity index (χ1) is 6.68. The van der Waals surface area contributed by atoms with Gasteiger partial charge >= 0.3 is 0 Å². The van der Waals surface area contributed by atoms with Crippen LogP contribution in [0.4, 0.5) is 0 Å². The molecule has 1 rings (SSSR count). The van der Waals surface area contributed by atoms with Crippen LogP contribution in [0.2, 0.25) is 0 Å². The maximum atomic E-state index is 5.82. The van der Waals surface area contributed by atoms with Gasteiger partial charge in [0.05, 0.1) is 6.20 Å². The number of hydrogen-bond donors (Lipinski definition) is 1. The quantitative estimate of drug-likeness (QED) is 0.577. The maximum absolute atomic E-state index is 5.82. The first-order valence-corrected chi connectivity index (χ1v) is 5.44. The fourth-order valence-corrected chi connectivity index (χ4v) is 1.37. The average Bonchev–Trinajstić information content (AvgIpc) is 2.50. The number of alkyl halides is 1. The minimum Gasteiger partial charge on any atom is -0.316 e. The molecule has 0 bridgehead atoms. The molecule has 3 nitrogen and oxygen atoms in total. The van der Waals surface area contributed by atoms with E-state index in [1.807, 2.05) is 31.0 Å². The van der Waals surface area contributed by atoms with E-state index in [4.69, 9.17) is 11.6 Å². The predicted molar refractivity (Wildman–Crippen MR) is 59.7 cm³/mol. The monoisotopic (exact) mass is 215 g/mol. The normalized spacial score (nSPS) is 13.1. The molecule has 4 heteroatoms. The molecule has 80 valence electrons. The van der Waals surface area contributed by atoms with Gasteiger partial charge in [-0.3, -0.25) is 4.68 Å². The van der Waals surface area contributed by atoms with Gasteiger partial charge in [-0.2, -0.15) is 5.10 Å². The molecule has 0 aromatic carbocycles. The van der Waals surface area contributed by atoms with Crippen molar-refractivity contribution in [3.8, 4) is 0 Å². The van der Waals surface area contributed by atoms with E-state index in [2.05, 4.69) is 10.4 Å². The fraction of sp³-hybridized carbons (Fsp3) is 0.700. The first-order valence-electron chi connectivity index (χ1n) is 5.01. The molecular weight excluding hydrogens is 198 g/mol. The molecule has 1 aromatic rings. The molecule has 0 radical (unpaired) electrons. The van der Waals surface area contributed by atoms with Crippen LogP contribution in [0.5, 0.6) is 0 Å². The Kier molecular flexibility index (Phi) is 4.98. The van der Waals surface area contributed by atoms with Crippen molar-refractivity contribution in [2.45, 2.75) is 25.1 Å². The highest BCUT2D eigenvalue weighted by Gasteiger charge is 1.97. The van der Waals surface area contributed by atoms with Crippen molar-refractivity contribution < 1.29 is 0 Å². The summed E-state index contributed by atoms with van der Waals surface area (Å²) < 4.78 is 1.83. The highest BCUT2D eigenvalue weighted by molar-refractivity contribution is 6.20. The number of rotatable bonds is 6. The zero-order chi connectivity index (χ0) is 10.4. The van der Waals surface area contributed by atoms with Crippen molar-refractivity contribution in [1.29, 1.82) is 0 Å². The van der Waals surface area contributed by atoms with Gasteiger partial charge in [-0.05, 0) is 38.4 Å². The van der Waals surface area contributed by atoms with Crippen molar-refractivity contribution in [2.75, 3.05) is 13.1 Å². The summed E-state index contributed by atoms with van der Waals surface area (Å²) in [6.45, 7) is 4.00. The molecule has 0 fully saturated rings. The van der Waals surface area contributed by atoms with E-state index >= 15 is 0 Å². The Balaban J connectivity index is 2.04. The van der Waals surface area contributed by atoms with E-state index in [9.17, 15) is 0 Å². The number of nitrogens with one attached hydrogen (secondary N) is 1. The lowest BCUT2D eigenvalue weighted by molar-refractivity contribution is 0.643. The van der Waals surface area contributed by atoms with Gasteiger partial charge in [0, 0.05) is 18.6 Å². The average molecular weight is 216 g/mol. The Bertz CT molecular complexity index is 258. The van der Waals surface area contributed by atoms with Gasteiger partial charge in [-0.15, -0.1) is 11.6 Å². The van der Waals surface area contributed by atoms with Gasteiger partial charge in [0.15, 0.2) is 0 Å². The Morgan fingerprint density at radius 1 is 1.57 bits per heavy atom. The molecule has 0 saturated heterocycles. The molecule has 1 heterocycles. The van der Waals surface area contributed by atoms with Crippen LogP contribution in [0, 0.1) is 0 Å². The summed E-state index contributed by atoms with van der Waals surface area (Å²) in [5.74, 6) is 0. The van der Waals surface area contributed by atoms with E-state index in [-0.39, 0.29) is 5.38 Å². The van der Waals surface area contributed by atoms with Crippen LogP contribution in [0.1, 0.15) is 18.9 Å². The summed E-state index contributed by atoms with van der Waals surface area (Å²) in [5.41, 5.74) is 1.28. The van der Waals surface area contributed by atoms with Crippen LogP contribution >= 0.6 is 11.6 Å². The lowest BCUT2D eigenvalue weighted by Crippen LogP contribution is -2.20. The molecule has 1 aromatic heterocycles. The summed E-state index contributed by atoms with van der Waals surface area (Å²) >= 11 is 5.82. The second kappa shape index (κ2) is 6.04. The molecule has 0 aliphatic heterocycles. The van der Waals surface area contributed by atoms with Crippen LogP contribution in [-0.2, 0) is 13.5 Å². The summed E-state index contributed by atoms with van der Waals surface area (Å²) in [6, 6.07) is 0. The SMILES string of the molecule is CC(Cl)CCNCCc1cnn(C)c1. The predicted octanol–water partition coefficient (Wildman–Crippen LogP) is 1.57. The molecule has 0 aliphatic rings. The van der Waals surface area contributed by atoms with Gasteiger partial charge < -0.3 is 5.32 Å². The van der Waals surface area contributed by atoms with Crippen LogP contribution in [0.15, 0.2) is 12.4 Å². The molecule has 1 unspecified atom stereocenters. The molecule has 1 N–H and O–H groups in total. The van der Waals surface area contributed by atoms with Gasteiger partial charge in [-0.25, -0.2) is 0 Å². The lowest BCUT2D eigenvalue weighted by Gasteiger charge is -2.04. The van der Waals surface area contributed by atoms with Crippen molar-refractivity contribution in [3.63, 3.8) is 0 Å². The fourth-order valence-electron chi connectivity index (χ4n) is 1.26. The van der Waals surface area contributed by atoms with E-state index in [1.54, 1.807) is 0 Å². The smallest absolute Gasteiger partial charge is 0.0522 e. The van der Waals surface area contributed by atoms with Crippen LogP contribution in [-0.4, -0.2) is 28.2 Å². The second-order valence-corrected chi connectivity index (χ2v) is 4.34. The number of aromatic nitrogens is 2. The van der Waals surface area contributed by atoms with E-state index in [1.165, 1.54) is 5.56 Å². The Morgan fingerprint density at radius 3 is 2.93 bits per heavy atom. The number of nitrogens with zero attached hydrogens (tertiary/aromatic N) is 2. The number of hydrogen-bond acceptors (Lipinski definition) is 2. The summed E-state index contributed by atoms with van der Waals surface area (Å²) in [6.07, 6.45) is 6.01. The third kappa shape index (κ3) is 4.63. The number of halogens is 1. The zero-order valence-corrected chi connectivity index (χ0v) is 9.59. The third-order valence-corrected chi connectivity index (χ3v) is 2.29. The van der Waals surface area contributed by atoms with Crippen LogP contribution in [0.3, 0.4) is 0 Å². The van der Waals surface area contributed by atoms with Gasteiger partial charge in [0.25, 0.3) is 0 Å². The highest BCUT2D eigenvalue weighted by Crippen LogP contribution is 1.98. The minimum absolute atomic E-state index is 0.265. The highest BCUT2D eigenvalue weighted by atomic mass is 35.5. The van der Waals surface area contributed by atoms with Crippen molar-refractivity contribution in [2.24, 2.45) is 7.05 Å². The van der Waals surface area contributed by atoms with E-state index in [0.717, 1.165) is 25.9 Å². The minimum atomic E-state index is 0.265. The zero-order valence-electron chi connectivity index (χ0n) is 8.83. The van der Waals surface area contributed by atoms with Crippen LogP contribution < -0.4 is 5.32 Å². The number of aryl methyl sites for hydroxylation is 1. The maximum Gasteiger partial charge on any atom is 0.0522 e. The summed E-state index contributed by atoms with van der Waals surface area (Å²) in [7, 11) is 1.94.